The van der Waals surface area contributed by atoms with Gasteiger partial charge in [0.25, 0.3) is 0 Å². The highest BCUT2D eigenvalue weighted by atomic mass is 79.9. The van der Waals surface area contributed by atoms with Crippen molar-refractivity contribution in [3.8, 4) is 11.5 Å². The lowest BCUT2D eigenvalue weighted by molar-refractivity contribution is 0.174. The minimum atomic E-state index is -0.210. The minimum Gasteiger partial charge on any atom is -0.454 e. The highest BCUT2D eigenvalue weighted by Crippen LogP contribution is 2.43. The summed E-state index contributed by atoms with van der Waals surface area (Å²) in [4.78, 5) is 2.27. The zero-order chi connectivity index (χ0) is 22.2. The molecule has 2 aliphatic rings. The molecule has 0 radical (unpaired) electrons. The molecule has 33 heavy (non-hydrogen) atoms. The van der Waals surface area contributed by atoms with Crippen LogP contribution in [-0.2, 0) is 0 Å². The number of para-hydroxylation sites is 1. The summed E-state index contributed by atoms with van der Waals surface area (Å²) < 4.78 is 12.3. The molecule has 4 aromatic rings. The highest BCUT2D eigenvalue weighted by Gasteiger charge is 2.38. The molecule has 0 aliphatic carbocycles. The first-order valence-corrected chi connectivity index (χ1v) is 11.5. The zero-order valence-electron chi connectivity index (χ0n) is 17.6. The Morgan fingerprint density at radius 2 is 1.42 bits per heavy atom. The second-order valence-corrected chi connectivity index (χ2v) is 8.72. The standard InChI is InChI=1S/C27H20BrN3O2/c28-21-12-14-22(15-13-21)30-26(19-7-3-1-4-8-19)29-31(23-9-5-2-6-10-23)27(30)20-11-16-24-25(17-20)33-18-32-24/h1-17,27H,18H2. The molecule has 4 aromatic carbocycles. The van der Waals surface area contributed by atoms with Gasteiger partial charge in [0.15, 0.2) is 23.5 Å². The van der Waals surface area contributed by atoms with Gasteiger partial charge in [-0.2, -0.15) is 5.10 Å². The molecule has 0 bridgehead atoms. The van der Waals surface area contributed by atoms with Gasteiger partial charge < -0.3 is 9.47 Å². The normalized spacial score (nSPS) is 16.8. The van der Waals surface area contributed by atoms with Crippen LogP contribution in [0.2, 0.25) is 0 Å². The molecule has 0 aromatic heterocycles. The van der Waals surface area contributed by atoms with E-state index in [1.54, 1.807) is 0 Å². The predicted molar refractivity (Wildman–Crippen MR) is 134 cm³/mol. The summed E-state index contributed by atoms with van der Waals surface area (Å²) in [7, 11) is 0. The van der Waals surface area contributed by atoms with Crippen LogP contribution in [0.3, 0.4) is 0 Å². The summed E-state index contributed by atoms with van der Waals surface area (Å²) in [6.07, 6.45) is -0.210. The fourth-order valence-corrected chi connectivity index (χ4v) is 4.49. The van der Waals surface area contributed by atoms with Crippen LogP contribution in [0.1, 0.15) is 17.3 Å². The van der Waals surface area contributed by atoms with Gasteiger partial charge in [0.1, 0.15) is 0 Å². The first-order valence-electron chi connectivity index (χ1n) is 10.7. The van der Waals surface area contributed by atoms with Crippen molar-refractivity contribution in [2.45, 2.75) is 6.17 Å². The van der Waals surface area contributed by atoms with Crippen molar-refractivity contribution in [1.29, 1.82) is 0 Å². The summed E-state index contributed by atoms with van der Waals surface area (Å²) in [5, 5.41) is 7.22. The Labute approximate surface area is 200 Å². The lowest BCUT2D eigenvalue weighted by atomic mass is 10.1. The minimum absolute atomic E-state index is 0.210. The van der Waals surface area contributed by atoms with Crippen LogP contribution < -0.4 is 19.4 Å². The van der Waals surface area contributed by atoms with Gasteiger partial charge in [-0.05, 0) is 48.5 Å². The maximum Gasteiger partial charge on any atom is 0.231 e. The topological polar surface area (TPSA) is 37.3 Å². The third kappa shape index (κ3) is 3.62. The van der Waals surface area contributed by atoms with Gasteiger partial charge in [0.05, 0.1) is 5.69 Å². The van der Waals surface area contributed by atoms with Crippen LogP contribution in [0.4, 0.5) is 11.4 Å². The number of nitrogens with zero attached hydrogens (tertiary/aromatic N) is 3. The maximum atomic E-state index is 5.70. The van der Waals surface area contributed by atoms with Crippen molar-refractivity contribution in [3.05, 3.63) is 119 Å². The van der Waals surface area contributed by atoms with E-state index in [4.69, 9.17) is 14.6 Å². The van der Waals surface area contributed by atoms with E-state index in [0.29, 0.717) is 0 Å². The van der Waals surface area contributed by atoms with E-state index in [9.17, 15) is 0 Å². The molecular weight excluding hydrogens is 478 g/mol. The number of anilines is 2. The Kier molecular flexibility index (Phi) is 5.00. The summed E-state index contributed by atoms with van der Waals surface area (Å²) in [5.74, 6) is 2.40. The highest BCUT2D eigenvalue weighted by molar-refractivity contribution is 9.10. The first kappa shape index (κ1) is 19.9. The molecule has 162 valence electrons. The zero-order valence-corrected chi connectivity index (χ0v) is 19.2. The lowest BCUT2D eigenvalue weighted by Crippen LogP contribution is -2.35. The van der Waals surface area contributed by atoms with Gasteiger partial charge in [0, 0.05) is 21.3 Å². The van der Waals surface area contributed by atoms with E-state index in [1.807, 2.05) is 42.5 Å². The largest absolute Gasteiger partial charge is 0.454 e. The summed E-state index contributed by atoms with van der Waals surface area (Å²) in [6, 6.07) is 35.0. The Bertz CT molecular complexity index is 1310. The molecule has 0 N–H and O–H groups in total. The molecule has 0 saturated heterocycles. The van der Waals surface area contributed by atoms with E-state index in [1.165, 1.54) is 0 Å². The Balaban J connectivity index is 1.56. The number of rotatable bonds is 4. The molecule has 6 rings (SSSR count). The van der Waals surface area contributed by atoms with E-state index in [2.05, 4.69) is 86.5 Å². The van der Waals surface area contributed by atoms with Crippen molar-refractivity contribution in [1.82, 2.24) is 0 Å². The molecule has 1 unspecified atom stereocenters. The number of benzene rings is 4. The average molecular weight is 498 g/mol. The summed E-state index contributed by atoms with van der Waals surface area (Å²) in [5.41, 5.74) is 4.15. The van der Waals surface area contributed by atoms with Gasteiger partial charge in [-0.1, -0.05) is 70.5 Å². The van der Waals surface area contributed by atoms with Gasteiger partial charge in [-0.15, -0.1) is 0 Å². The van der Waals surface area contributed by atoms with Crippen molar-refractivity contribution >= 4 is 33.1 Å². The average Bonchev–Trinajstić information content (AvgIpc) is 3.50. The lowest BCUT2D eigenvalue weighted by Gasteiger charge is -2.32. The Hall–Kier alpha value is -3.77. The van der Waals surface area contributed by atoms with Crippen molar-refractivity contribution in [3.63, 3.8) is 0 Å². The molecule has 2 aliphatic heterocycles. The molecule has 1 atom stereocenters. The predicted octanol–water partition coefficient (Wildman–Crippen LogP) is 6.57. The number of hydrazone groups is 1. The number of ether oxygens (including phenoxy) is 2. The number of hydrogen-bond acceptors (Lipinski definition) is 5. The van der Waals surface area contributed by atoms with Crippen LogP contribution in [0.15, 0.2) is 113 Å². The van der Waals surface area contributed by atoms with E-state index >= 15 is 0 Å². The molecule has 6 heteroatoms. The first-order chi connectivity index (χ1) is 16.3. The molecular formula is C27H20BrN3O2. The summed E-state index contributed by atoms with van der Waals surface area (Å²) >= 11 is 3.57. The van der Waals surface area contributed by atoms with Crippen molar-refractivity contribution < 1.29 is 9.47 Å². The molecule has 2 heterocycles. The van der Waals surface area contributed by atoms with Gasteiger partial charge in [0.2, 0.25) is 6.79 Å². The quantitative estimate of drug-likeness (QED) is 0.319. The number of halogens is 1. The van der Waals surface area contributed by atoms with Gasteiger partial charge in [-0.3, -0.25) is 4.90 Å². The summed E-state index contributed by atoms with van der Waals surface area (Å²) in [6.45, 7) is 0.244. The third-order valence-electron chi connectivity index (χ3n) is 5.76. The number of amidine groups is 1. The molecule has 5 nitrogen and oxygen atoms in total. The monoisotopic (exact) mass is 497 g/mol. The maximum absolute atomic E-state index is 5.70. The SMILES string of the molecule is Brc1ccc(N2C(c3ccccc3)=NN(c3ccccc3)C2c2ccc3c(c2)OCO3)cc1. The van der Waals surface area contributed by atoms with E-state index in [-0.39, 0.29) is 13.0 Å². The fourth-order valence-electron chi connectivity index (χ4n) is 4.22. The second kappa shape index (κ2) is 8.30. The molecule has 0 amide bonds. The van der Waals surface area contributed by atoms with Crippen molar-refractivity contribution in [2.75, 3.05) is 16.7 Å². The van der Waals surface area contributed by atoms with Gasteiger partial charge >= 0.3 is 0 Å². The third-order valence-corrected chi connectivity index (χ3v) is 6.29. The molecule has 0 fully saturated rings. The molecule has 0 spiro atoms. The number of fused-ring (bicyclic) bond motifs is 1. The Morgan fingerprint density at radius 1 is 0.727 bits per heavy atom. The van der Waals surface area contributed by atoms with Crippen LogP contribution >= 0.6 is 15.9 Å². The van der Waals surface area contributed by atoms with E-state index in [0.717, 1.165) is 44.3 Å². The molecule has 0 saturated carbocycles. The number of hydrogen-bond donors (Lipinski definition) is 0. The van der Waals surface area contributed by atoms with Crippen LogP contribution in [0.25, 0.3) is 0 Å². The van der Waals surface area contributed by atoms with Crippen LogP contribution in [-0.4, -0.2) is 12.6 Å². The fraction of sp³-hybridized carbons (Fsp3) is 0.0741. The van der Waals surface area contributed by atoms with Gasteiger partial charge in [-0.25, -0.2) is 5.01 Å². The van der Waals surface area contributed by atoms with Crippen LogP contribution in [0, 0.1) is 0 Å². The smallest absolute Gasteiger partial charge is 0.231 e. The van der Waals surface area contributed by atoms with Crippen LogP contribution in [0.5, 0.6) is 11.5 Å². The van der Waals surface area contributed by atoms with E-state index < -0.39 is 0 Å². The van der Waals surface area contributed by atoms with Crippen molar-refractivity contribution in [2.24, 2.45) is 5.10 Å². The second-order valence-electron chi connectivity index (χ2n) is 7.80. The Morgan fingerprint density at radius 3 is 2.18 bits per heavy atom.